The third-order valence-corrected chi connectivity index (χ3v) is 3.13. The van der Waals surface area contributed by atoms with Crippen LogP contribution >= 0.6 is 0 Å². The molecule has 2 N–H and O–H groups in total. The highest BCUT2D eigenvalue weighted by Gasteiger charge is 2.22. The first-order valence-electron chi connectivity index (χ1n) is 5.57. The maximum atomic E-state index is 13.6. The number of piperazine rings is 1. The molecule has 2 atom stereocenters. The highest BCUT2D eigenvalue weighted by molar-refractivity contribution is 5.24. The van der Waals surface area contributed by atoms with E-state index in [1.165, 1.54) is 12.1 Å². The van der Waals surface area contributed by atoms with E-state index in [4.69, 9.17) is 0 Å². The molecule has 1 aromatic rings. The van der Waals surface area contributed by atoms with E-state index in [0.717, 1.165) is 25.7 Å². The minimum Gasteiger partial charge on any atom is -0.314 e. The highest BCUT2D eigenvalue weighted by atomic mass is 19.1. The SMILES string of the molecule is CC(c1ccc(F)cc1F)C1CNCCN1. The van der Waals surface area contributed by atoms with Crippen LogP contribution in [0.2, 0.25) is 0 Å². The van der Waals surface area contributed by atoms with Crippen LogP contribution in [0.25, 0.3) is 0 Å². The second-order valence-electron chi connectivity index (χ2n) is 4.22. The van der Waals surface area contributed by atoms with E-state index in [0.29, 0.717) is 5.56 Å². The van der Waals surface area contributed by atoms with Crippen molar-refractivity contribution in [3.63, 3.8) is 0 Å². The van der Waals surface area contributed by atoms with Crippen molar-refractivity contribution in [1.82, 2.24) is 10.6 Å². The van der Waals surface area contributed by atoms with Crippen molar-refractivity contribution in [1.29, 1.82) is 0 Å². The Morgan fingerprint density at radius 3 is 2.75 bits per heavy atom. The first kappa shape index (κ1) is 11.5. The quantitative estimate of drug-likeness (QED) is 0.801. The molecular weight excluding hydrogens is 210 g/mol. The van der Waals surface area contributed by atoms with E-state index in [-0.39, 0.29) is 12.0 Å². The molecule has 1 fully saturated rings. The fourth-order valence-corrected chi connectivity index (χ4v) is 2.12. The maximum Gasteiger partial charge on any atom is 0.129 e. The van der Waals surface area contributed by atoms with E-state index >= 15 is 0 Å². The molecular formula is C12H16F2N2. The molecule has 0 aliphatic carbocycles. The summed E-state index contributed by atoms with van der Waals surface area (Å²) in [6.45, 7) is 4.60. The summed E-state index contributed by atoms with van der Waals surface area (Å²) in [5.41, 5.74) is 0.572. The van der Waals surface area contributed by atoms with Crippen LogP contribution in [0, 0.1) is 11.6 Å². The van der Waals surface area contributed by atoms with E-state index in [1.807, 2.05) is 6.92 Å². The van der Waals surface area contributed by atoms with Crippen molar-refractivity contribution in [3.05, 3.63) is 35.4 Å². The average molecular weight is 226 g/mol. The molecule has 1 saturated heterocycles. The number of nitrogens with one attached hydrogen (secondary N) is 2. The number of benzene rings is 1. The lowest BCUT2D eigenvalue weighted by Crippen LogP contribution is -2.50. The summed E-state index contributed by atoms with van der Waals surface area (Å²) in [6.07, 6.45) is 0. The Balaban J connectivity index is 2.15. The summed E-state index contributed by atoms with van der Waals surface area (Å²) in [5, 5.41) is 6.59. The second kappa shape index (κ2) is 4.89. The lowest BCUT2D eigenvalue weighted by Gasteiger charge is -2.30. The molecule has 0 saturated carbocycles. The van der Waals surface area contributed by atoms with Gasteiger partial charge in [-0.15, -0.1) is 0 Å². The minimum atomic E-state index is -0.525. The van der Waals surface area contributed by atoms with E-state index < -0.39 is 11.6 Å². The summed E-state index contributed by atoms with van der Waals surface area (Å²) in [6, 6.07) is 3.99. The summed E-state index contributed by atoms with van der Waals surface area (Å²) in [5.74, 6) is -0.948. The second-order valence-corrected chi connectivity index (χ2v) is 4.22. The van der Waals surface area contributed by atoms with Crippen LogP contribution in [-0.2, 0) is 0 Å². The third kappa shape index (κ3) is 2.39. The Morgan fingerprint density at radius 1 is 1.31 bits per heavy atom. The normalized spacial score (nSPS) is 23.1. The van der Waals surface area contributed by atoms with Gasteiger partial charge in [0.15, 0.2) is 0 Å². The standard InChI is InChI=1S/C12H16F2N2/c1-8(12-7-15-4-5-16-12)10-3-2-9(13)6-11(10)14/h2-3,6,8,12,15-16H,4-5,7H2,1H3. The molecule has 2 nitrogen and oxygen atoms in total. The van der Waals surface area contributed by atoms with Crippen molar-refractivity contribution >= 4 is 0 Å². The van der Waals surface area contributed by atoms with E-state index in [1.54, 1.807) is 0 Å². The van der Waals surface area contributed by atoms with E-state index in [9.17, 15) is 8.78 Å². The Kier molecular flexibility index (Phi) is 3.51. The van der Waals surface area contributed by atoms with Crippen LogP contribution in [-0.4, -0.2) is 25.7 Å². The minimum absolute atomic E-state index is 0.0356. The largest absolute Gasteiger partial charge is 0.314 e. The lowest BCUT2D eigenvalue weighted by atomic mass is 9.92. The van der Waals surface area contributed by atoms with Gasteiger partial charge in [0.05, 0.1) is 0 Å². The van der Waals surface area contributed by atoms with Crippen LogP contribution in [0.4, 0.5) is 8.78 Å². The Bertz CT molecular complexity index is 362. The van der Waals surface area contributed by atoms with Gasteiger partial charge in [-0.2, -0.15) is 0 Å². The zero-order valence-electron chi connectivity index (χ0n) is 9.26. The fourth-order valence-electron chi connectivity index (χ4n) is 2.12. The first-order valence-corrected chi connectivity index (χ1v) is 5.57. The van der Waals surface area contributed by atoms with Crippen molar-refractivity contribution in [3.8, 4) is 0 Å². The van der Waals surface area contributed by atoms with Crippen molar-refractivity contribution in [2.24, 2.45) is 0 Å². The molecule has 1 aliphatic rings. The van der Waals surface area contributed by atoms with Crippen molar-refractivity contribution in [2.75, 3.05) is 19.6 Å². The summed E-state index contributed by atoms with van der Waals surface area (Å²) >= 11 is 0. The smallest absolute Gasteiger partial charge is 0.129 e. The first-order chi connectivity index (χ1) is 7.68. The topological polar surface area (TPSA) is 24.1 Å². The van der Waals surface area contributed by atoms with Gasteiger partial charge >= 0.3 is 0 Å². The average Bonchev–Trinajstić information content (AvgIpc) is 2.29. The van der Waals surface area contributed by atoms with Crippen LogP contribution in [0.3, 0.4) is 0 Å². The molecule has 1 aromatic carbocycles. The number of hydrogen-bond donors (Lipinski definition) is 2. The molecule has 0 radical (unpaired) electrons. The van der Waals surface area contributed by atoms with Gasteiger partial charge in [0.1, 0.15) is 11.6 Å². The zero-order chi connectivity index (χ0) is 11.5. The lowest BCUT2D eigenvalue weighted by molar-refractivity contribution is 0.371. The molecule has 0 bridgehead atoms. The van der Waals surface area contributed by atoms with Gasteiger partial charge in [-0.25, -0.2) is 8.78 Å². The Hall–Kier alpha value is -1.00. The van der Waals surface area contributed by atoms with Crippen LogP contribution in [0.5, 0.6) is 0 Å². The maximum absolute atomic E-state index is 13.6. The van der Waals surface area contributed by atoms with Crippen molar-refractivity contribution in [2.45, 2.75) is 18.9 Å². The van der Waals surface area contributed by atoms with Gasteiger partial charge in [0, 0.05) is 37.7 Å². The van der Waals surface area contributed by atoms with Crippen LogP contribution < -0.4 is 10.6 Å². The Morgan fingerprint density at radius 2 is 2.12 bits per heavy atom. The van der Waals surface area contributed by atoms with Gasteiger partial charge in [-0.3, -0.25) is 0 Å². The van der Waals surface area contributed by atoms with Gasteiger partial charge in [0.25, 0.3) is 0 Å². The molecule has 2 unspecified atom stereocenters. The van der Waals surface area contributed by atoms with Gasteiger partial charge in [-0.05, 0) is 11.6 Å². The molecule has 0 aromatic heterocycles. The number of hydrogen-bond acceptors (Lipinski definition) is 2. The van der Waals surface area contributed by atoms with Crippen LogP contribution in [0.15, 0.2) is 18.2 Å². The van der Waals surface area contributed by atoms with Crippen LogP contribution in [0.1, 0.15) is 18.4 Å². The summed E-state index contributed by atoms with van der Waals surface area (Å²) in [4.78, 5) is 0. The fraction of sp³-hybridized carbons (Fsp3) is 0.500. The van der Waals surface area contributed by atoms with E-state index in [2.05, 4.69) is 10.6 Å². The van der Waals surface area contributed by atoms with Crippen molar-refractivity contribution < 1.29 is 8.78 Å². The molecule has 0 amide bonds. The summed E-state index contributed by atoms with van der Waals surface area (Å²) in [7, 11) is 0. The molecule has 1 aliphatic heterocycles. The predicted octanol–water partition coefficient (Wildman–Crippen LogP) is 1.63. The highest BCUT2D eigenvalue weighted by Crippen LogP contribution is 2.23. The van der Waals surface area contributed by atoms with Gasteiger partial charge in [0.2, 0.25) is 0 Å². The predicted molar refractivity (Wildman–Crippen MR) is 59.4 cm³/mol. The third-order valence-electron chi connectivity index (χ3n) is 3.13. The van der Waals surface area contributed by atoms with Gasteiger partial charge < -0.3 is 10.6 Å². The monoisotopic (exact) mass is 226 g/mol. The zero-order valence-corrected chi connectivity index (χ0v) is 9.26. The molecule has 16 heavy (non-hydrogen) atoms. The Labute approximate surface area is 94.0 Å². The molecule has 4 heteroatoms. The molecule has 2 rings (SSSR count). The molecule has 88 valence electrons. The number of rotatable bonds is 2. The number of halogens is 2. The molecule has 1 heterocycles. The summed E-state index contributed by atoms with van der Waals surface area (Å²) < 4.78 is 26.4. The molecule has 0 spiro atoms. The van der Waals surface area contributed by atoms with Gasteiger partial charge in [-0.1, -0.05) is 13.0 Å².